The maximum Gasteiger partial charge on any atom is 0.237 e. The van der Waals surface area contributed by atoms with Crippen LogP contribution in [0.4, 0.5) is 0 Å². The summed E-state index contributed by atoms with van der Waals surface area (Å²) in [6.07, 6.45) is 2.09. The Balaban J connectivity index is 1.91. The predicted molar refractivity (Wildman–Crippen MR) is 73.6 cm³/mol. The van der Waals surface area contributed by atoms with Crippen LogP contribution in [-0.4, -0.2) is 60.4 Å². The average Bonchev–Trinajstić information content (AvgIpc) is 3.21. The molecule has 0 unspecified atom stereocenters. The fourth-order valence-corrected chi connectivity index (χ4v) is 2.35. The minimum Gasteiger partial charge on any atom is -0.352 e. The molecule has 5 nitrogen and oxygen atoms in total. The van der Waals surface area contributed by atoms with E-state index in [2.05, 4.69) is 17.1 Å². The molecule has 0 spiro atoms. The lowest BCUT2D eigenvalue weighted by Gasteiger charge is -2.37. The van der Waals surface area contributed by atoms with E-state index in [1.54, 1.807) is 13.8 Å². The summed E-state index contributed by atoms with van der Waals surface area (Å²) in [6.45, 7) is 9.89. The molecule has 1 heterocycles. The van der Waals surface area contributed by atoms with Crippen LogP contribution in [0.3, 0.4) is 0 Å². The summed E-state index contributed by atoms with van der Waals surface area (Å²) in [5, 5.41) is 2.94. The molecule has 0 radical (unpaired) electrons. The SMILES string of the molecule is CCN1CCN(C(=O)C(C)(C)C(=O)NC2CC2)CC1. The second-order valence-electron chi connectivity index (χ2n) is 6.10. The molecule has 2 fully saturated rings. The van der Waals surface area contributed by atoms with Gasteiger partial charge in [-0.2, -0.15) is 0 Å². The van der Waals surface area contributed by atoms with Gasteiger partial charge in [0.15, 0.2) is 0 Å². The van der Waals surface area contributed by atoms with Gasteiger partial charge in [0.05, 0.1) is 0 Å². The molecule has 1 N–H and O–H groups in total. The fraction of sp³-hybridized carbons (Fsp3) is 0.857. The highest BCUT2D eigenvalue weighted by Gasteiger charge is 2.41. The van der Waals surface area contributed by atoms with Crippen molar-refractivity contribution in [3.8, 4) is 0 Å². The molecule has 2 rings (SSSR count). The number of nitrogens with one attached hydrogen (secondary N) is 1. The zero-order valence-electron chi connectivity index (χ0n) is 12.2. The molecule has 1 saturated carbocycles. The van der Waals surface area contributed by atoms with Crippen molar-refractivity contribution in [2.45, 2.75) is 39.7 Å². The molecule has 1 aliphatic heterocycles. The Hall–Kier alpha value is -1.10. The summed E-state index contributed by atoms with van der Waals surface area (Å²) in [4.78, 5) is 28.8. The quantitative estimate of drug-likeness (QED) is 0.753. The van der Waals surface area contributed by atoms with Crippen LogP contribution in [0.15, 0.2) is 0 Å². The fourth-order valence-electron chi connectivity index (χ4n) is 2.35. The van der Waals surface area contributed by atoms with Gasteiger partial charge >= 0.3 is 0 Å². The Kier molecular flexibility index (Phi) is 4.13. The zero-order valence-corrected chi connectivity index (χ0v) is 12.2. The molecule has 1 saturated heterocycles. The summed E-state index contributed by atoms with van der Waals surface area (Å²) < 4.78 is 0. The van der Waals surface area contributed by atoms with Crippen LogP contribution < -0.4 is 5.32 Å². The number of likely N-dealkylation sites (N-methyl/N-ethyl adjacent to an activating group) is 1. The first-order valence-electron chi connectivity index (χ1n) is 7.28. The van der Waals surface area contributed by atoms with Gasteiger partial charge in [-0.25, -0.2) is 0 Å². The number of hydrogen-bond acceptors (Lipinski definition) is 3. The number of carbonyl (C=O) groups is 2. The molecule has 0 atom stereocenters. The summed E-state index contributed by atoms with van der Waals surface area (Å²) in [5.41, 5.74) is -0.947. The molecular formula is C14H25N3O2. The minimum atomic E-state index is -0.947. The van der Waals surface area contributed by atoms with Gasteiger partial charge in [-0.1, -0.05) is 6.92 Å². The van der Waals surface area contributed by atoms with Crippen molar-refractivity contribution < 1.29 is 9.59 Å². The third-order valence-electron chi connectivity index (χ3n) is 4.12. The Bertz CT molecular complexity index is 356. The molecule has 1 aliphatic carbocycles. The summed E-state index contributed by atoms with van der Waals surface area (Å²) in [7, 11) is 0. The summed E-state index contributed by atoms with van der Waals surface area (Å²) in [5.74, 6) is -0.167. The van der Waals surface area contributed by atoms with Crippen LogP contribution in [0.5, 0.6) is 0 Å². The normalized spacial score (nSPS) is 21.3. The van der Waals surface area contributed by atoms with Crippen LogP contribution >= 0.6 is 0 Å². The Morgan fingerprint density at radius 3 is 2.21 bits per heavy atom. The number of amides is 2. The first kappa shape index (κ1) is 14.3. The number of piperazine rings is 1. The zero-order chi connectivity index (χ0) is 14.0. The lowest BCUT2D eigenvalue weighted by molar-refractivity contribution is -0.149. The van der Waals surface area contributed by atoms with Gasteiger partial charge < -0.3 is 15.1 Å². The largest absolute Gasteiger partial charge is 0.352 e. The van der Waals surface area contributed by atoms with Gasteiger partial charge in [-0.05, 0) is 33.2 Å². The van der Waals surface area contributed by atoms with Crippen molar-refractivity contribution in [1.29, 1.82) is 0 Å². The topological polar surface area (TPSA) is 52.7 Å². The third kappa shape index (κ3) is 3.26. The van der Waals surface area contributed by atoms with E-state index < -0.39 is 5.41 Å². The molecule has 0 bridgehead atoms. The molecule has 5 heteroatoms. The molecule has 2 aliphatic rings. The monoisotopic (exact) mass is 267 g/mol. The first-order valence-corrected chi connectivity index (χ1v) is 7.28. The van der Waals surface area contributed by atoms with Crippen molar-refractivity contribution in [3.63, 3.8) is 0 Å². The molecule has 0 aromatic rings. The first-order chi connectivity index (χ1) is 8.95. The van der Waals surface area contributed by atoms with E-state index in [0.717, 1.165) is 45.6 Å². The van der Waals surface area contributed by atoms with Crippen LogP contribution in [0.1, 0.15) is 33.6 Å². The van der Waals surface area contributed by atoms with E-state index in [0.29, 0.717) is 6.04 Å². The maximum atomic E-state index is 12.5. The lowest BCUT2D eigenvalue weighted by atomic mass is 9.90. The maximum absolute atomic E-state index is 12.5. The van der Waals surface area contributed by atoms with Crippen LogP contribution in [-0.2, 0) is 9.59 Å². The molecule has 2 amide bonds. The van der Waals surface area contributed by atoms with Gasteiger partial charge in [0.1, 0.15) is 5.41 Å². The Morgan fingerprint density at radius 2 is 1.74 bits per heavy atom. The molecule has 0 aromatic carbocycles. The standard InChI is InChI=1S/C14H25N3O2/c1-4-16-7-9-17(10-8-16)13(19)14(2,3)12(18)15-11-5-6-11/h11H,4-10H2,1-3H3,(H,15,18). The highest BCUT2D eigenvalue weighted by molar-refractivity contribution is 6.04. The number of carbonyl (C=O) groups excluding carboxylic acids is 2. The molecule has 19 heavy (non-hydrogen) atoms. The van der Waals surface area contributed by atoms with Gasteiger partial charge in [0, 0.05) is 32.2 Å². The smallest absolute Gasteiger partial charge is 0.237 e. The number of hydrogen-bond donors (Lipinski definition) is 1. The van der Waals surface area contributed by atoms with E-state index in [1.165, 1.54) is 0 Å². The average molecular weight is 267 g/mol. The molecular weight excluding hydrogens is 242 g/mol. The third-order valence-corrected chi connectivity index (χ3v) is 4.12. The summed E-state index contributed by atoms with van der Waals surface area (Å²) >= 11 is 0. The van der Waals surface area contributed by atoms with Gasteiger partial charge in [0.2, 0.25) is 11.8 Å². The van der Waals surface area contributed by atoms with E-state index >= 15 is 0 Å². The highest BCUT2D eigenvalue weighted by atomic mass is 16.2. The van der Waals surface area contributed by atoms with Crippen molar-refractivity contribution in [1.82, 2.24) is 15.1 Å². The minimum absolute atomic E-state index is 0.0404. The van der Waals surface area contributed by atoms with E-state index in [-0.39, 0.29) is 11.8 Å². The second-order valence-corrected chi connectivity index (χ2v) is 6.10. The van der Waals surface area contributed by atoms with Crippen molar-refractivity contribution in [2.75, 3.05) is 32.7 Å². The van der Waals surface area contributed by atoms with Gasteiger partial charge in [0.25, 0.3) is 0 Å². The van der Waals surface area contributed by atoms with E-state index in [9.17, 15) is 9.59 Å². The number of nitrogens with zero attached hydrogens (tertiary/aromatic N) is 2. The van der Waals surface area contributed by atoms with Crippen molar-refractivity contribution >= 4 is 11.8 Å². The highest BCUT2D eigenvalue weighted by Crippen LogP contribution is 2.25. The Morgan fingerprint density at radius 1 is 1.16 bits per heavy atom. The Labute approximate surface area is 115 Å². The summed E-state index contributed by atoms with van der Waals surface area (Å²) in [6, 6.07) is 0.302. The molecule has 0 aromatic heterocycles. The van der Waals surface area contributed by atoms with Crippen molar-refractivity contribution in [3.05, 3.63) is 0 Å². The lowest BCUT2D eigenvalue weighted by Crippen LogP contribution is -2.55. The van der Waals surface area contributed by atoms with Crippen LogP contribution in [0.25, 0.3) is 0 Å². The van der Waals surface area contributed by atoms with Crippen molar-refractivity contribution in [2.24, 2.45) is 5.41 Å². The van der Waals surface area contributed by atoms with E-state index in [4.69, 9.17) is 0 Å². The van der Waals surface area contributed by atoms with Gasteiger partial charge in [-0.15, -0.1) is 0 Å². The second kappa shape index (κ2) is 5.49. The molecule has 108 valence electrons. The van der Waals surface area contributed by atoms with Gasteiger partial charge in [-0.3, -0.25) is 9.59 Å². The van der Waals surface area contributed by atoms with Crippen LogP contribution in [0, 0.1) is 5.41 Å². The van der Waals surface area contributed by atoms with E-state index in [1.807, 2.05) is 4.90 Å². The number of rotatable bonds is 4. The van der Waals surface area contributed by atoms with Crippen LogP contribution in [0.2, 0.25) is 0 Å². The predicted octanol–water partition coefficient (Wildman–Crippen LogP) is 0.455.